The Morgan fingerprint density at radius 1 is 1.50 bits per heavy atom. The highest BCUT2D eigenvalue weighted by molar-refractivity contribution is 7.80. The van der Waals surface area contributed by atoms with Crippen molar-refractivity contribution in [3.8, 4) is 0 Å². The SMILES string of the molecule is Sc1nc2cncnc2o1. The van der Waals surface area contributed by atoms with Crippen molar-refractivity contribution < 1.29 is 4.42 Å². The lowest BCUT2D eigenvalue weighted by molar-refractivity contribution is 0.483. The summed E-state index contributed by atoms with van der Waals surface area (Å²) >= 11 is 3.90. The van der Waals surface area contributed by atoms with Crippen LogP contribution in [0.4, 0.5) is 0 Å². The van der Waals surface area contributed by atoms with Crippen LogP contribution in [0, 0.1) is 0 Å². The van der Waals surface area contributed by atoms with E-state index >= 15 is 0 Å². The summed E-state index contributed by atoms with van der Waals surface area (Å²) in [6.07, 6.45) is 2.98. The maximum atomic E-state index is 4.97. The molecule has 0 aliphatic heterocycles. The number of fused-ring (bicyclic) bond motifs is 1. The lowest BCUT2D eigenvalue weighted by Crippen LogP contribution is -1.74. The molecule has 0 saturated heterocycles. The van der Waals surface area contributed by atoms with Gasteiger partial charge in [0.05, 0.1) is 6.20 Å². The van der Waals surface area contributed by atoms with Crippen molar-refractivity contribution in [3.63, 3.8) is 0 Å². The fraction of sp³-hybridized carbons (Fsp3) is 0. The lowest BCUT2D eigenvalue weighted by Gasteiger charge is -1.78. The summed E-state index contributed by atoms with van der Waals surface area (Å²) in [5, 5.41) is 0.315. The molecule has 2 rings (SSSR count). The maximum Gasteiger partial charge on any atom is 0.255 e. The summed E-state index contributed by atoms with van der Waals surface area (Å²) in [6, 6.07) is 0. The van der Waals surface area contributed by atoms with Crippen molar-refractivity contribution in [1.29, 1.82) is 0 Å². The topological polar surface area (TPSA) is 51.8 Å². The Morgan fingerprint density at radius 3 is 3.20 bits per heavy atom. The summed E-state index contributed by atoms with van der Waals surface area (Å²) in [4.78, 5) is 11.5. The fourth-order valence-electron chi connectivity index (χ4n) is 0.679. The second kappa shape index (κ2) is 1.95. The maximum absolute atomic E-state index is 4.97. The molecule has 10 heavy (non-hydrogen) atoms. The van der Waals surface area contributed by atoms with Gasteiger partial charge in [0.25, 0.3) is 10.9 Å². The molecule has 0 saturated carbocycles. The molecule has 2 aromatic heterocycles. The van der Waals surface area contributed by atoms with Gasteiger partial charge in [-0.3, -0.25) is 0 Å². The van der Waals surface area contributed by atoms with Crippen molar-refractivity contribution in [2.45, 2.75) is 5.22 Å². The van der Waals surface area contributed by atoms with Crippen LogP contribution in [0.2, 0.25) is 0 Å². The summed E-state index contributed by atoms with van der Waals surface area (Å²) in [7, 11) is 0. The predicted octanol–water partition coefficient (Wildman–Crippen LogP) is 0.906. The van der Waals surface area contributed by atoms with E-state index in [1.165, 1.54) is 6.33 Å². The molecule has 0 unspecified atom stereocenters. The highest BCUT2D eigenvalue weighted by Gasteiger charge is 2.00. The van der Waals surface area contributed by atoms with Gasteiger partial charge in [-0.2, -0.15) is 4.98 Å². The molecule has 2 heterocycles. The highest BCUT2D eigenvalue weighted by atomic mass is 32.1. The first-order valence-electron chi connectivity index (χ1n) is 2.62. The van der Waals surface area contributed by atoms with Crippen LogP contribution in [-0.4, -0.2) is 15.0 Å². The van der Waals surface area contributed by atoms with Crippen molar-refractivity contribution >= 4 is 23.9 Å². The minimum Gasteiger partial charge on any atom is -0.413 e. The largest absolute Gasteiger partial charge is 0.413 e. The number of aromatic nitrogens is 3. The molecule has 0 aliphatic rings. The third-order valence-corrected chi connectivity index (χ3v) is 1.25. The second-order valence-electron chi connectivity index (χ2n) is 1.71. The Balaban J connectivity index is 2.88. The Morgan fingerprint density at radius 2 is 2.40 bits per heavy atom. The minimum atomic E-state index is 0.315. The van der Waals surface area contributed by atoms with E-state index in [1.807, 2.05) is 0 Å². The van der Waals surface area contributed by atoms with E-state index in [2.05, 4.69) is 27.6 Å². The molecule has 0 spiro atoms. The minimum absolute atomic E-state index is 0.315. The average molecular weight is 153 g/mol. The highest BCUT2D eigenvalue weighted by Crippen LogP contribution is 2.12. The first-order valence-corrected chi connectivity index (χ1v) is 3.06. The molecule has 0 bridgehead atoms. The normalized spacial score (nSPS) is 10.5. The summed E-state index contributed by atoms with van der Waals surface area (Å²) in [5.74, 6) is 0. The van der Waals surface area contributed by atoms with Gasteiger partial charge in [-0.15, -0.1) is 0 Å². The average Bonchev–Trinajstić information content (AvgIpc) is 2.27. The second-order valence-corrected chi connectivity index (χ2v) is 2.09. The molecule has 0 radical (unpaired) electrons. The van der Waals surface area contributed by atoms with Crippen LogP contribution < -0.4 is 0 Å². The molecule has 0 amide bonds. The number of thiol groups is 1. The molecule has 50 valence electrons. The Bertz CT molecular complexity index is 325. The van der Waals surface area contributed by atoms with E-state index < -0.39 is 0 Å². The molecule has 0 aromatic carbocycles. The number of rotatable bonds is 0. The zero-order chi connectivity index (χ0) is 6.97. The van der Waals surface area contributed by atoms with Crippen molar-refractivity contribution in [2.75, 3.05) is 0 Å². The lowest BCUT2D eigenvalue weighted by atomic mass is 10.6. The molecule has 4 nitrogen and oxygen atoms in total. The van der Waals surface area contributed by atoms with Gasteiger partial charge in [-0.25, -0.2) is 9.97 Å². The molecule has 0 fully saturated rings. The monoisotopic (exact) mass is 153 g/mol. The van der Waals surface area contributed by atoms with Gasteiger partial charge in [0.15, 0.2) is 0 Å². The summed E-state index contributed by atoms with van der Waals surface area (Å²) < 4.78 is 4.97. The summed E-state index contributed by atoms with van der Waals surface area (Å²) in [5.41, 5.74) is 1.10. The van der Waals surface area contributed by atoms with Gasteiger partial charge >= 0.3 is 0 Å². The molecule has 2 aromatic rings. The van der Waals surface area contributed by atoms with E-state index in [-0.39, 0.29) is 0 Å². The fourth-order valence-corrected chi connectivity index (χ4v) is 0.873. The molecular weight excluding hydrogens is 150 g/mol. The first-order chi connectivity index (χ1) is 4.86. The Hall–Kier alpha value is -1.10. The standard InChI is InChI=1S/C5H3N3OS/c10-5-8-3-1-6-2-7-4(3)9-5/h1-2H,(H,8,10). The third kappa shape index (κ3) is 0.750. The van der Waals surface area contributed by atoms with E-state index in [0.29, 0.717) is 16.5 Å². The van der Waals surface area contributed by atoms with Gasteiger partial charge < -0.3 is 4.42 Å². The van der Waals surface area contributed by atoms with Crippen LogP contribution in [0.3, 0.4) is 0 Å². The van der Waals surface area contributed by atoms with Crippen LogP contribution in [0.15, 0.2) is 22.2 Å². The van der Waals surface area contributed by atoms with Gasteiger partial charge in [-0.1, -0.05) is 12.6 Å². The van der Waals surface area contributed by atoms with E-state index in [4.69, 9.17) is 4.42 Å². The van der Waals surface area contributed by atoms with Crippen molar-refractivity contribution in [3.05, 3.63) is 12.5 Å². The van der Waals surface area contributed by atoms with Crippen LogP contribution >= 0.6 is 12.6 Å². The number of nitrogens with zero attached hydrogens (tertiary/aromatic N) is 3. The van der Waals surface area contributed by atoms with Gasteiger partial charge in [0, 0.05) is 0 Å². The zero-order valence-corrected chi connectivity index (χ0v) is 5.75. The van der Waals surface area contributed by atoms with E-state index in [9.17, 15) is 0 Å². The smallest absolute Gasteiger partial charge is 0.255 e. The van der Waals surface area contributed by atoms with Crippen LogP contribution in [0.25, 0.3) is 11.2 Å². The van der Waals surface area contributed by atoms with E-state index in [1.54, 1.807) is 6.20 Å². The molecule has 5 heteroatoms. The van der Waals surface area contributed by atoms with Crippen LogP contribution in [0.5, 0.6) is 0 Å². The summed E-state index contributed by atoms with van der Waals surface area (Å²) in [6.45, 7) is 0. The Labute approximate surface area is 61.7 Å². The first kappa shape index (κ1) is 5.67. The quantitative estimate of drug-likeness (QED) is 0.571. The van der Waals surface area contributed by atoms with Crippen molar-refractivity contribution in [2.24, 2.45) is 0 Å². The van der Waals surface area contributed by atoms with Gasteiger partial charge in [-0.05, 0) is 0 Å². The van der Waals surface area contributed by atoms with Crippen LogP contribution in [0.1, 0.15) is 0 Å². The number of hydrogen-bond donors (Lipinski definition) is 1. The van der Waals surface area contributed by atoms with Crippen LogP contribution in [-0.2, 0) is 0 Å². The van der Waals surface area contributed by atoms with Crippen molar-refractivity contribution in [1.82, 2.24) is 15.0 Å². The molecule has 0 aliphatic carbocycles. The predicted molar refractivity (Wildman–Crippen MR) is 36.9 cm³/mol. The Kier molecular flexibility index (Phi) is 1.10. The van der Waals surface area contributed by atoms with Gasteiger partial charge in [0.1, 0.15) is 11.8 Å². The van der Waals surface area contributed by atoms with E-state index in [0.717, 1.165) is 0 Å². The number of oxazole rings is 1. The number of hydrogen-bond acceptors (Lipinski definition) is 5. The molecule has 0 N–H and O–H groups in total. The molecule has 0 atom stereocenters. The van der Waals surface area contributed by atoms with Gasteiger partial charge in [0.2, 0.25) is 0 Å². The third-order valence-electron chi connectivity index (χ3n) is 1.06. The molecular formula is C5H3N3OS. The zero-order valence-electron chi connectivity index (χ0n) is 4.85.